The van der Waals surface area contributed by atoms with E-state index in [0.29, 0.717) is 10.9 Å². The molecule has 1 aromatic carbocycles. The molecule has 4 heteroatoms. The Morgan fingerprint density at radius 1 is 1.44 bits per heavy atom. The van der Waals surface area contributed by atoms with Crippen molar-refractivity contribution in [1.29, 1.82) is 0 Å². The van der Waals surface area contributed by atoms with E-state index in [1.54, 1.807) is 0 Å². The quantitative estimate of drug-likeness (QED) is 0.846. The normalized spacial score (nSPS) is 22.3. The van der Waals surface area contributed by atoms with Crippen molar-refractivity contribution in [3.8, 4) is 0 Å². The minimum absolute atomic E-state index is 0.0943. The summed E-state index contributed by atoms with van der Waals surface area (Å²) in [7, 11) is 0. The SMILES string of the molecule is CC(C)c1cc(Cl)c2c(c1)[C@@H]1CNCCN1C2=O. The van der Waals surface area contributed by atoms with Crippen LogP contribution in [-0.2, 0) is 0 Å². The molecule has 0 saturated carbocycles. The number of nitrogens with zero attached hydrogens (tertiary/aromatic N) is 1. The second-order valence-electron chi connectivity index (χ2n) is 5.34. The Balaban J connectivity index is 2.14. The van der Waals surface area contributed by atoms with Crippen LogP contribution in [0.15, 0.2) is 12.1 Å². The number of hydrogen-bond donors (Lipinski definition) is 1. The molecule has 18 heavy (non-hydrogen) atoms. The molecule has 96 valence electrons. The van der Waals surface area contributed by atoms with E-state index >= 15 is 0 Å². The first-order valence-electron chi connectivity index (χ1n) is 6.44. The molecule has 0 unspecified atom stereocenters. The maximum absolute atomic E-state index is 12.3. The number of carbonyl (C=O) groups is 1. The van der Waals surface area contributed by atoms with Gasteiger partial charge in [-0.15, -0.1) is 0 Å². The van der Waals surface area contributed by atoms with Crippen LogP contribution in [0.3, 0.4) is 0 Å². The van der Waals surface area contributed by atoms with E-state index in [9.17, 15) is 4.79 Å². The Labute approximate surface area is 112 Å². The van der Waals surface area contributed by atoms with Crippen LogP contribution in [0.1, 0.15) is 47.3 Å². The van der Waals surface area contributed by atoms with Crippen LogP contribution in [0.2, 0.25) is 5.02 Å². The van der Waals surface area contributed by atoms with E-state index in [1.807, 2.05) is 11.0 Å². The first-order chi connectivity index (χ1) is 8.59. The van der Waals surface area contributed by atoms with E-state index < -0.39 is 0 Å². The van der Waals surface area contributed by atoms with Crippen molar-refractivity contribution in [2.75, 3.05) is 19.6 Å². The number of amides is 1. The molecule has 1 saturated heterocycles. The lowest BCUT2D eigenvalue weighted by molar-refractivity contribution is 0.0691. The van der Waals surface area contributed by atoms with Crippen LogP contribution in [-0.4, -0.2) is 30.4 Å². The highest BCUT2D eigenvalue weighted by molar-refractivity contribution is 6.34. The first kappa shape index (κ1) is 12.0. The molecule has 2 aliphatic rings. The maximum atomic E-state index is 12.3. The van der Waals surface area contributed by atoms with Crippen molar-refractivity contribution < 1.29 is 4.79 Å². The van der Waals surface area contributed by atoms with Gasteiger partial charge in [-0.25, -0.2) is 0 Å². The van der Waals surface area contributed by atoms with Crippen LogP contribution in [0.25, 0.3) is 0 Å². The van der Waals surface area contributed by atoms with Gasteiger partial charge in [-0.1, -0.05) is 31.5 Å². The third kappa shape index (κ3) is 1.65. The molecule has 0 aliphatic carbocycles. The number of piperazine rings is 1. The van der Waals surface area contributed by atoms with Crippen LogP contribution in [0.4, 0.5) is 0 Å². The number of nitrogens with one attached hydrogen (secondary N) is 1. The van der Waals surface area contributed by atoms with Crippen LogP contribution < -0.4 is 5.32 Å². The minimum Gasteiger partial charge on any atom is -0.329 e. The van der Waals surface area contributed by atoms with E-state index in [-0.39, 0.29) is 11.9 Å². The van der Waals surface area contributed by atoms with Gasteiger partial charge in [0.1, 0.15) is 0 Å². The van der Waals surface area contributed by atoms with Crippen molar-refractivity contribution in [1.82, 2.24) is 10.2 Å². The van der Waals surface area contributed by atoms with Gasteiger partial charge in [0.25, 0.3) is 5.91 Å². The fourth-order valence-corrected chi connectivity index (χ4v) is 3.16. The van der Waals surface area contributed by atoms with Gasteiger partial charge in [-0.05, 0) is 23.1 Å². The molecule has 0 radical (unpaired) electrons. The molecule has 0 aromatic heterocycles. The number of halogens is 1. The predicted molar refractivity (Wildman–Crippen MR) is 72.2 cm³/mol. The van der Waals surface area contributed by atoms with Gasteiger partial charge in [0.15, 0.2) is 0 Å². The molecule has 1 aromatic rings. The van der Waals surface area contributed by atoms with Gasteiger partial charge in [-0.3, -0.25) is 4.79 Å². The van der Waals surface area contributed by atoms with Gasteiger partial charge in [0, 0.05) is 19.6 Å². The predicted octanol–water partition coefficient (Wildman–Crippen LogP) is 2.56. The second kappa shape index (κ2) is 4.25. The second-order valence-corrected chi connectivity index (χ2v) is 5.75. The van der Waals surface area contributed by atoms with Crippen molar-refractivity contribution in [2.45, 2.75) is 25.8 Å². The smallest absolute Gasteiger partial charge is 0.256 e. The summed E-state index contributed by atoms with van der Waals surface area (Å²) < 4.78 is 0. The van der Waals surface area contributed by atoms with Crippen LogP contribution in [0.5, 0.6) is 0 Å². The summed E-state index contributed by atoms with van der Waals surface area (Å²) in [6.07, 6.45) is 0. The Hall–Kier alpha value is -1.06. The molecule has 1 amide bonds. The van der Waals surface area contributed by atoms with Crippen molar-refractivity contribution in [3.63, 3.8) is 0 Å². The van der Waals surface area contributed by atoms with Gasteiger partial charge in [0.2, 0.25) is 0 Å². The summed E-state index contributed by atoms with van der Waals surface area (Å²) in [5.41, 5.74) is 3.03. The zero-order valence-electron chi connectivity index (χ0n) is 10.7. The topological polar surface area (TPSA) is 32.3 Å². The molecule has 1 N–H and O–H groups in total. The highest BCUT2D eigenvalue weighted by Gasteiger charge is 2.39. The van der Waals surface area contributed by atoms with E-state index in [2.05, 4.69) is 25.2 Å². The van der Waals surface area contributed by atoms with E-state index in [0.717, 1.165) is 30.8 Å². The third-order valence-corrected chi connectivity index (χ3v) is 4.18. The zero-order valence-corrected chi connectivity index (χ0v) is 11.4. The summed E-state index contributed by atoms with van der Waals surface area (Å²) in [6.45, 7) is 6.75. The van der Waals surface area contributed by atoms with Crippen LogP contribution in [0, 0.1) is 0 Å². The zero-order chi connectivity index (χ0) is 12.9. The molecule has 3 rings (SSSR count). The van der Waals surface area contributed by atoms with Crippen molar-refractivity contribution >= 4 is 17.5 Å². The van der Waals surface area contributed by atoms with Gasteiger partial charge in [0.05, 0.1) is 16.6 Å². The van der Waals surface area contributed by atoms with E-state index in [1.165, 1.54) is 5.56 Å². The molecule has 1 atom stereocenters. The lowest BCUT2D eigenvalue weighted by atomic mass is 9.95. The number of hydrogen-bond acceptors (Lipinski definition) is 2. The van der Waals surface area contributed by atoms with E-state index in [4.69, 9.17) is 11.6 Å². The van der Waals surface area contributed by atoms with Crippen LogP contribution >= 0.6 is 11.6 Å². The van der Waals surface area contributed by atoms with Crippen molar-refractivity contribution in [3.05, 3.63) is 33.8 Å². The molecular formula is C14H17ClN2O. The molecular weight excluding hydrogens is 248 g/mol. The Morgan fingerprint density at radius 2 is 2.22 bits per heavy atom. The number of carbonyl (C=O) groups excluding carboxylic acids is 1. The fourth-order valence-electron chi connectivity index (χ4n) is 2.84. The summed E-state index contributed by atoms with van der Waals surface area (Å²) in [5.74, 6) is 0.519. The fraction of sp³-hybridized carbons (Fsp3) is 0.500. The van der Waals surface area contributed by atoms with Gasteiger partial charge >= 0.3 is 0 Å². The molecule has 2 heterocycles. The Kier molecular flexibility index (Phi) is 2.83. The summed E-state index contributed by atoms with van der Waals surface area (Å²) in [5, 5.41) is 3.96. The molecule has 0 bridgehead atoms. The van der Waals surface area contributed by atoms with Gasteiger partial charge < -0.3 is 10.2 Å². The summed E-state index contributed by atoms with van der Waals surface area (Å²) in [6, 6.07) is 4.26. The Bertz CT molecular complexity index is 513. The molecule has 1 fully saturated rings. The maximum Gasteiger partial charge on any atom is 0.256 e. The highest BCUT2D eigenvalue weighted by atomic mass is 35.5. The number of rotatable bonds is 1. The lowest BCUT2D eigenvalue weighted by Gasteiger charge is -2.30. The largest absolute Gasteiger partial charge is 0.329 e. The summed E-state index contributed by atoms with van der Waals surface area (Å²) in [4.78, 5) is 14.3. The Morgan fingerprint density at radius 3 is 2.94 bits per heavy atom. The van der Waals surface area contributed by atoms with Gasteiger partial charge in [-0.2, -0.15) is 0 Å². The average Bonchev–Trinajstić information content (AvgIpc) is 2.64. The average molecular weight is 265 g/mol. The monoisotopic (exact) mass is 264 g/mol. The third-order valence-electron chi connectivity index (χ3n) is 3.89. The molecule has 2 aliphatic heterocycles. The minimum atomic E-state index is 0.0943. The number of fused-ring (bicyclic) bond motifs is 3. The molecule has 3 nitrogen and oxygen atoms in total. The summed E-state index contributed by atoms with van der Waals surface area (Å²) >= 11 is 6.31. The first-order valence-corrected chi connectivity index (χ1v) is 6.82. The lowest BCUT2D eigenvalue weighted by Crippen LogP contribution is -2.44. The number of benzene rings is 1. The standard InChI is InChI=1S/C14H17ClN2O/c1-8(2)9-5-10-12-7-16-3-4-17(12)14(18)13(10)11(15)6-9/h5-6,8,12,16H,3-4,7H2,1-2H3/t12-/m0/s1. The molecule has 0 spiro atoms. The highest BCUT2D eigenvalue weighted by Crippen LogP contribution is 2.39. The van der Waals surface area contributed by atoms with Crippen molar-refractivity contribution in [2.24, 2.45) is 0 Å².